The molecule has 0 heterocycles. The number of hydrogen-bond acceptors (Lipinski definition) is 7. The Kier molecular flexibility index (Phi) is 5.99. The van der Waals surface area contributed by atoms with Crippen molar-refractivity contribution in [1.82, 2.24) is 0 Å². The molecule has 29 heavy (non-hydrogen) atoms. The van der Waals surface area contributed by atoms with Gasteiger partial charge >= 0.3 is 11.9 Å². The predicted octanol–water partition coefficient (Wildman–Crippen LogP) is 3.85. The van der Waals surface area contributed by atoms with Gasteiger partial charge in [0.1, 0.15) is 28.4 Å². The molecule has 148 valence electrons. The van der Waals surface area contributed by atoms with Gasteiger partial charge in [-0.1, -0.05) is 24.3 Å². The van der Waals surface area contributed by atoms with Crippen LogP contribution < -0.4 is 18.9 Å². The number of phenols is 1. The van der Waals surface area contributed by atoms with Crippen LogP contribution in [0.2, 0.25) is 0 Å². The molecule has 0 radical (unpaired) electrons. The quantitative estimate of drug-likeness (QED) is 0.502. The van der Waals surface area contributed by atoms with E-state index in [-0.39, 0.29) is 28.4 Å². The molecule has 0 unspecified atom stereocenters. The lowest BCUT2D eigenvalue weighted by Gasteiger charge is -2.11. The third-order valence-electron chi connectivity index (χ3n) is 4.00. The number of rotatable bonds is 6. The fourth-order valence-corrected chi connectivity index (χ4v) is 2.58. The Labute approximate surface area is 167 Å². The Balaban J connectivity index is 1.81. The Morgan fingerprint density at radius 2 is 1.21 bits per heavy atom. The Morgan fingerprint density at radius 1 is 0.690 bits per heavy atom. The first kappa shape index (κ1) is 19.8. The molecule has 1 N–H and O–H groups in total. The number of carbonyl (C=O) groups excluding carboxylic acids is 2. The van der Waals surface area contributed by atoms with E-state index >= 15 is 0 Å². The highest BCUT2D eigenvalue weighted by molar-refractivity contribution is 5.95. The number of para-hydroxylation sites is 2. The molecule has 7 heteroatoms. The molecule has 0 amide bonds. The van der Waals surface area contributed by atoms with Crippen LogP contribution in [0.25, 0.3) is 0 Å². The van der Waals surface area contributed by atoms with Gasteiger partial charge in [0.2, 0.25) is 0 Å². The molecule has 0 saturated heterocycles. The molecule has 3 aromatic rings. The molecule has 0 bridgehead atoms. The van der Waals surface area contributed by atoms with E-state index in [0.29, 0.717) is 11.5 Å². The van der Waals surface area contributed by atoms with Crippen LogP contribution in [-0.2, 0) is 0 Å². The van der Waals surface area contributed by atoms with E-state index in [1.807, 2.05) is 0 Å². The minimum atomic E-state index is -0.731. The molecule has 0 aliphatic rings. The molecule has 0 atom stereocenters. The zero-order valence-corrected chi connectivity index (χ0v) is 15.7. The van der Waals surface area contributed by atoms with Crippen molar-refractivity contribution in [2.45, 2.75) is 0 Å². The topological polar surface area (TPSA) is 91.3 Å². The van der Waals surface area contributed by atoms with Crippen molar-refractivity contribution in [3.63, 3.8) is 0 Å². The van der Waals surface area contributed by atoms with E-state index < -0.39 is 11.9 Å². The molecular weight excluding hydrogens is 376 g/mol. The smallest absolute Gasteiger partial charge is 0.347 e. The minimum Gasteiger partial charge on any atom is -0.504 e. The van der Waals surface area contributed by atoms with Crippen LogP contribution in [-0.4, -0.2) is 31.3 Å². The summed E-state index contributed by atoms with van der Waals surface area (Å²) in [6.07, 6.45) is 0. The van der Waals surface area contributed by atoms with Gasteiger partial charge in [-0.3, -0.25) is 0 Å². The lowest BCUT2D eigenvalue weighted by atomic mass is 10.2. The second kappa shape index (κ2) is 8.79. The third kappa shape index (κ3) is 4.47. The van der Waals surface area contributed by atoms with Gasteiger partial charge in [-0.25, -0.2) is 9.59 Å². The Morgan fingerprint density at radius 3 is 1.76 bits per heavy atom. The summed E-state index contributed by atoms with van der Waals surface area (Å²) in [5, 5.41) is 10.0. The summed E-state index contributed by atoms with van der Waals surface area (Å²) in [6.45, 7) is 0. The standard InChI is InChI=1S/C22H18O7/c1-26-18-9-5-3-7-15(18)21(24)28-14-11-12-17(23)20(13-14)29-22(25)16-8-4-6-10-19(16)27-2/h3-13,23H,1-2H3. The zero-order valence-electron chi connectivity index (χ0n) is 15.7. The second-order valence-corrected chi connectivity index (χ2v) is 5.81. The van der Waals surface area contributed by atoms with Crippen LogP contribution in [0, 0.1) is 0 Å². The van der Waals surface area contributed by atoms with E-state index in [1.54, 1.807) is 42.5 Å². The van der Waals surface area contributed by atoms with Gasteiger partial charge in [-0.2, -0.15) is 0 Å². The van der Waals surface area contributed by atoms with Crippen LogP contribution in [0.4, 0.5) is 0 Å². The number of carbonyl (C=O) groups is 2. The molecule has 0 saturated carbocycles. The highest BCUT2D eigenvalue weighted by atomic mass is 16.6. The summed E-state index contributed by atoms with van der Waals surface area (Å²) >= 11 is 0. The van der Waals surface area contributed by atoms with Crippen LogP contribution in [0.1, 0.15) is 20.7 Å². The van der Waals surface area contributed by atoms with Gasteiger partial charge in [0.15, 0.2) is 11.5 Å². The van der Waals surface area contributed by atoms with E-state index in [9.17, 15) is 14.7 Å². The van der Waals surface area contributed by atoms with Crippen LogP contribution >= 0.6 is 0 Å². The zero-order chi connectivity index (χ0) is 20.8. The maximum absolute atomic E-state index is 12.4. The molecule has 0 aromatic heterocycles. The summed E-state index contributed by atoms with van der Waals surface area (Å²) in [5.74, 6) is -1.06. The van der Waals surface area contributed by atoms with Crippen molar-refractivity contribution in [3.8, 4) is 28.7 Å². The lowest BCUT2D eigenvalue weighted by molar-refractivity contribution is 0.0725. The molecule has 0 fully saturated rings. The molecular formula is C22H18O7. The predicted molar refractivity (Wildman–Crippen MR) is 104 cm³/mol. The average Bonchev–Trinajstić information content (AvgIpc) is 2.75. The number of aromatic hydroxyl groups is 1. The molecule has 0 aliphatic heterocycles. The first-order valence-electron chi connectivity index (χ1n) is 8.57. The highest BCUT2D eigenvalue weighted by Gasteiger charge is 2.18. The number of hydrogen-bond donors (Lipinski definition) is 1. The van der Waals surface area contributed by atoms with Crippen LogP contribution in [0.5, 0.6) is 28.7 Å². The second-order valence-electron chi connectivity index (χ2n) is 5.81. The first-order valence-corrected chi connectivity index (χ1v) is 8.57. The summed E-state index contributed by atoms with van der Waals surface area (Å²) in [5.41, 5.74) is 0.418. The van der Waals surface area contributed by atoms with Crippen molar-refractivity contribution in [3.05, 3.63) is 77.9 Å². The van der Waals surface area contributed by atoms with Crippen LogP contribution in [0.3, 0.4) is 0 Å². The summed E-state index contributed by atoms with van der Waals surface area (Å²) in [6, 6.07) is 17.0. The van der Waals surface area contributed by atoms with E-state index in [1.165, 1.54) is 38.5 Å². The van der Waals surface area contributed by atoms with Gasteiger partial charge in [0.25, 0.3) is 0 Å². The minimum absolute atomic E-state index is 0.0848. The molecule has 3 rings (SSSR count). The van der Waals surface area contributed by atoms with Gasteiger partial charge in [0, 0.05) is 6.07 Å². The number of phenolic OH excluding ortho intramolecular Hbond substituents is 1. The van der Waals surface area contributed by atoms with Crippen molar-refractivity contribution >= 4 is 11.9 Å². The molecule has 3 aromatic carbocycles. The summed E-state index contributed by atoms with van der Waals surface area (Å²) < 4.78 is 20.9. The van der Waals surface area contributed by atoms with Crippen molar-refractivity contribution in [2.24, 2.45) is 0 Å². The number of esters is 2. The monoisotopic (exact) mass is 394 g/mol. The van der Waals surface area contributed by atoms with E-state index in [4.69, 9.17) is 18.9 Å². The number of ether oxygens (including phenoxy) is 4. The fraction of sp³-hybridized carbons (Fsp3) is 0.0909. The van der Waals surface area contributed by atoms with Crippen molar-refractivity contribution < 1.29 is 33.6 Å². The number of methoxy groups -OCH3 is 2. The molecule has 0 aliphatic carbocycles. The summed E-state index contributed by atoms with van der Waals surface area (Å²) in [4.78, 5) is 24.9. The van der Waals surface area contributed by atoms with Gasteiger partial charge in [-0.15, -0.1) is 0 Å². The highest BCUT2D eigenvalue weighted by Crippen LogP contribution is 2.32. The SMILES string of the molecule is COc1ccccc1C(=O)Oc1ccc(O)c(OC(=O)c2ccccc2OC)c1. The summed E-state index contributed by atoms with van der Waals surface area (Å²) in [7, 11) is 2.88. The van der Waals surface area contributed by atoms with Gasteiger partial charge in [0.05, 0.1) is 14.2 Å². The van der Waals surface area contributed by atoms with E-state index in [0.717, 1.165) is 0 Å². The van der Waals surface area contributed by atoms with Crippen LogP contribution in [0.15, 0.2) is 66.7 Å². The van der Waals surface area contributed by atoms with Gasteiger partial charge in [-0.05, 0) is 36.4 Å². The molecule has 0 spiro atoms. The van der Waals surface area contributed by atoms with Crippen molar-refractivity contribution in [2.75, 3.05) is 14.2 Å². The maximum Gasteiger partial charge on any atom is 0.347 e. The molecule has 7 nitrogen and oxygen atoms in total. The largest absolute Gasteiger partial charge is 0.504 e. The van der Waals surface area contributed by atoms with Gasteiger partial charge < -0.3 is 24.1 Å². The first-order chi connectivity index (χ1) is 14.0. The fourth-order valence-electron chi connectivity index (χ4n) is 2.58. The Hall–Kier alpha value is -4.00. The van der Waals surface area contributed by atoms with E-state index in [2.05, 4.69) is 0 Å². The van der Waals surface area contributed by atoms with Crippen molar-refractivity contribution in [1.29, 1.82) is 0 Å². The average molecular weight is 394 g/mol. The lowest BCUT2D eigenvalue weighted by Crippen LogP contribution is -2.12. The normalized spacial score (nSPS) is 10.1. The number of benzene rings is 3. The Bertz CT molecular complexity index is 1040. The maximum atomic E-state index is 12.4. The third-order valence-corrected chi connectivity index (χ3v) is 4.00.